The van der Waals surface area contributed by atoms with Gasteiger partial charge in [-0.1, -0.05) is 44.3 Å². The fourth-order valence-electron chi connectivity index (χ4n) is 1.34. The number of rotatable bonds is 4. The summed E-state index contributed by atoms with van der Waals surface area (Å²) in [4.78, 5) is 11.9. The van der Waals surface area contributed by atoms with Gasteiger partial charge in [0, 0.05) is 18.0 Å². The summed E-state index contributed by atoms with van der Waals surface area (Å²) < 4.78 is 0. The Balaban J connectivity index is 2.86. The summed E-state index contributed by atoms with van der Waals surface area (Å²) in [7, 11) is 0. The average Bonchev–Trinajstić information content (AvgIpc) is 2.20. The molecule has 0 unspecified atom stereocenters. The van der Waals surface area contributed by atoms with Crippen molar-refractivity contribution in [2.75, 3.05) is 5.32 Å². The van der Waals surface area contributed by atoms with Crippen LogP contribution in [0.4, 0.5) is 5.69 Å². The number of thiocarbonyl (C=S) groups is 1. The Bertz CT molecular complexity index is 399. The van der Waals surface area contributed by atoms with Gasteiger partial charge in [-0.2, -0.15) is 0 Å². The summed E-state index contributed by atoms with van der Waals surface area (Å²) in [6.07, 6.45) is 0.448. The monoisotopic (exact) mass is 235 g/mol. The highest BCUT2D eigenvalue weighted by molar-refractivity contribution is 7.80. The molecule has 0 saturated carbocycles. The van der Waals surface area contributed by atoms with Crippen LogP contribution in [0.15, 0.2) is 24.3 Å². The fraction of sp³-hybridized carbons (Fsp3) is 0.385. The van der Waals surface area contributed by atoms with E-state index in [1.165, 1.54) is 0 Å². The Labute approximate surface area is 102 Å². The highest BCUT2D eigenvalue weighted by Gasteiger charge is 2.07. The lowest BCUT2D eigenvalue weighted by atomic mass is 10.1. The molecule has 0 saturated heterocycles. The van der Waals surface area contributed by atoms with E-state index < -0.39 is 0 Å². The lowest BCUT2D eigenvalue weighted by Gasteiger charge is -2.14. The first-order valence-corrected chi connectivity index (χ1v) is 5.79. The van der Waals surface area contributed by atoms with Crippen LogP contribution in [0.1, 0.15) is 26.3 Å². The molecule has 16 heavy (non-hydrogen) atoms. The van der Waals surface area contributed by atoms with Crippen LogP contribution in [0.5, 0.6) is 0 Å². The molecule has 0 aliphatic carbocycles. The Kier molecular flexibility index (Phi) is 4.62. The van der Waals surface area contributed by atoms with Crippen LogP contribution in [0.3, 0.4) is 0 Å². The highest BCUT2D eigenvalue weighted by atomic mass is 32.1. The molecule has 0 fully saturated rings. The number of Topliss-reactive ketones (excluding diaryl/α,β-unsaturated/α-hetero) is 1. The topological polar surface area (TPSA) is 29.1 Å². The maximum atomic E-state index is 11.1. The summed E-state index contributed by atoms with van der Waals surface area (Å²) >= 11 is 5.24. The maximum Gasteiger partial charge on any atom is 0.134 e. The van der Waals surface area contributed by atoms with E-state index in [1.54, 1.807) is 6.92 Å². The van der Waals surface area contributed by atoms with E-state index in [2.05, 4.69) is 5.32 Å². The standard InChI is InChI=1S/C13H17NOS/c1-9(2)13(16)14-12-7-5-4-6-11(12)8-10(3)15/h4-7,9H,8H2,1-3H3,(H,14,16). The molecule has 0 amide bonds. The number of hydrogen-bond donors (Lipinski definition) is 1. The maximum absolute atomic E-state index is 11.1. The number of carbonyl (C=O) groups is 1. The van der Waals surface area contributed by atoms with E-state index in [4.69, 9.17) is 12.2 Å². The van der Waals surface area contributed by atoms with Gasteiger partial charge in [-0.25, -0.2) is 0 Å². The molecule has 1 rings (SSSR count). The van der Waals surface area contributed by atoms with Gasteiger partial charge in [0.05, 0.1) is 4.99 Å². The summed E-state index contributed by atoms with van der Waals surface area (Å²) in [6.45, 7) is 5.68. The van der Waals surface area contributed by atoms with Gasteiger partial charge in [0.2, 0.25) is 0 Å². The number of ketones is 1. The first kappa shape index (κ1) is 12.8. The van der Waals surface area contributed by atoms with Crippen molar-refractivity contribution >= 4 is 28.7 Å². The second-order valence-corrected chi connectivity index (χ2v) is 4.62. The van der Waals surface area contributed by atoms with Gasteiger partial charge in [-0.15, -0.1) is 0 Å². The van der Waals surface area contributed by atoms with E-state index >= 15 is 0 Å². The summed E-state index contributed by atoms with van der Waals surface area (Å²) in [5.74, 6) is 0.463. The number of hydrogen-bond acceptors (Lipinski definition) is 2. The Hall–Kier alpha value is -1.22. The first-order chi connectivity index (χ1) is 7.50. The molecular formula is C13H17NOS. The number of carbonyl (C=O) groups excluding carboxylic acids is 1. The molecule has 0 radical (unpaired) electrons. The SMILES string of the molecule is CC(=O)Cc1ccccc1NC(=S)C(C)C. The molecule has 86 valence electrons. The van der Waals surface area contributed by atoms with Crippen LogP contribution in [-0.4, -0.2) is 10.8 Å². The average molecular weight is 235 g/mol. The molecule has 0 bridgehead atoms. The Morgan fingerprint density at radius 1 is 1.38 bits per heavy atom. The lowest BCUT2D eigenvalue weighted by molar-refractivity contribution is -0.116. The Morgan fingerprint density at radius 3 is 2.56 bits per heavy atom. The number of para-hydroxylation sites is 1. The third-order valence-electron chi connectivity index (χ3n) is 2.24. The van der Waals surface area contributed by atoms with E-state index in [0.29, 0.717) is 12.3 Å². The Morgan fingerprint density at radius 2 is 2.00 bits per heavy atom. The molecule has 1 aromatic rings. The highest BCUT2D eigenvalue weighted by Crippen LogP contribution is 2.17. The van der Waals surface area contributed by atoms with Gasteiger partial charge >= 0.3 is 0 Å². The largest absolute Gasteiger partial charge is 0.350 e. The van der Waals surface area contributed by atoms with E-state index in [9.17, 15) is 4.79 Å². The minimum atomic E-state index is 0.157. The molecule has 0 heterocycles. The van der Waals surface area contributed by atoms with E-state index in [1.807, 2.05) is 38.1 Å². The van der Waals surface area contributed by atoms with Crippen molar-refractivity contribution in [3.63, 3.8) is 0 Å². The quantitative estimate of drug-likeness (QED) is 0.812. The van der Waals surface area contributed by atoms with Gasteiger partial charge in [0.1, 0.15) is 5.78 Å². The predicted octanol–water partition coefficient (Wildman–Crippen LogP) is 3.21. The van der Waals surface area contributed by atoms with Crippen LogP contribution < -0.4 is 5.32 Å². The van der Waals surface area contributed by atoms with Crippen molar-refractivity contribution in [2.45, 2.75) is 27.2 Å². The molecule has 0 atom stereocenters. The van der Waals surface area contributed by atoms with Crippen LogP contribution in [-0.2, 0) is 11.2 Å². The zero-order chi connectivity index (χ0) is 12.1. The fourth-order valence-corrected chi connectivity index (χ4v) is 1.45. The van der Waals surface area contributed by atoms with Gasteiger partial charge in [0.25, 0.3) is 0 Å². The second-order valence-electron chi connectivity index (χ2n) is 4.18. The van der Waals surface area contributed by atoms with Gasteiger partial charge < -0.3 is 5.32 Å². The number of anilines is 1. The molecule has 3 heteroatoms. The molecular weight excluding hydrogens is 218 g/mol. The first-order valence-electron chi connectivity index (χ1n) is 5.39. The van der Waals surface area contributed by atoms with Crippen molar-refractivity contribution < 1.29 is 4.79 Å². The van der Waals surface area contributed by atoms with Crippen LogP contribution in [0, 0.1) is 5.92 Å². The molecule has 1 aromatic carbocycles. The molecule has 0 aliphatic heterocycles. The predicted molar refractivity (Wildman–Crippen MR) is 71.9 cm³/mol. The van der Waals surface area contributed by atoms with Gasteiger partial charge in [-0.3, -0.25) is 4.79 Å². The minimum absolute atomic E-state index is 0.157. The zero-order valence-electron chi connectivity index (χ0n) is 9.91. The summed E-state index contributed by atoms with van der Waals surface area (Å²) in [6, 6.07) is 7.77. The number of benzene rings is 1. The molecule has 2 nitrogen and oxygen atoms in total. The second kappa shape index (κ2) is 5.75. The van der Waals surface area contributed by atoms with Crippen molar-refractivity contribution in [3.05, 3.63) is 29.8 Å². The van der Waals surface area contributed by atoms with Crippen molar-refractivity contribution in [2.24, 2.45) is 5.92 Å². The molecule has 0 aromatic heterocycles. The lowest BCUT2D eigenvalue weighted by Crippen LogP contribution is -2.17. The number of nitrogens with one attached hydrogen (secondary N) is 1. The molecule has 0 aliphatic rings. The van der Waals surface area contributed by atoms with E-state index in [-0.39, 0.29) is 5.78 Å². The van der Waals surface area contributed by atoms with Crippen LogP contribution >= 0.6 is 12.2 Å². The van der Waals surface area contributed by atoms with Gasteiger partial charge in [0.15, 0.2) is 0 Å². The summed E-state index contributed by atoms with van der Waals surface area (Å²) in [5.41, 5.74) is 1.94. The summed E-state index contributed by atoms with van der Waals surface area (Å²) in [5, 5.41) is 3.19. The third kappa shape index (κ3) is 3.74. The van der Waals surface area contributed by atoms with E-state index in [0.717, 1.165) is 16.2 Å². The smallest absolute Gasteiger partial charge is 0.134 e. The molecule has 1 N–H and O–H groups in total. The minimum Gasteiger partial charge on any atom is -0.350 e. The van der Waals surface area contributed by atoms with Crippen LogP contribution in [0.2, 0.25) is 0 Å². The van der Waals surface area contributed by atoms with Crippen molar-refractivity contribution in [3.8, 4) is 0 Å². The van der Waals surface area contributed by atoms with Crippen molar-refractivity contribution in [1.82, 2.24) is 0 Å². The normalized spacial score (nSPS) is 10.2. The zero-order valence-corrected chi connectivity index (χ0v) is 10.7. The van der Waals surface area contributed by atoms with Crippen molar-refractivity contribution in [1.29, 1.82) is 0 Å². The molecule has 0 spiro atoms. The van der Waals surface area contributed by atoms with Crippen LogP contribution in [0.25, 0.3) is 0 Å². The third-order valence-corrected chi connectivity index (χ3v) is 2.81. The van der Waals surface area contributed by atoms with Gasteiger partial charge in [-0.05, 0) is 18.6 Å².